The fourth-order valence-electron chi connectivity index (χ4n) is 3.16. The molecular formula is C12H24N2O. The lowest BCUT2D eigenvalue weighted by Gasteiger charge is -2.46. The second-order valence-electron chi connectivity index (χ2n) is 4.99. The number of rotatable bonds is 2. The largest absolute Gasteiger partial charge is 0.380 e. The van der Waals surface area contributed by atoms with Gasteiger partial charge >= 0.3 is 0 Å². The van der Waals surface area contributed by atoms with Crippen LogP contribution in [0, 0.1) is 0 Å². The maximum Gasteiger partial charge on any atom is 0.0622 e. The molecule has 0 bridgehead atoms. The summed E-state index contributed by atoms with van der Waals surface area (Å²) in [6.45, 7) is 5.02. The molecule has 0 spiro atoms. The molecule has 0 aromatic rings. The monoisotopic (exact) mass is 212 g/mol. The van der Waals surface area contributed by atoms with Gasteiger partial charge in [0, 0.05) is 31.3 Å². The highest BCUT2D eigenvalue weighted by Crippen LogP contribution is 2.27. The van der Waals surface area contributed by atoms with Crippen LogP contribution < -0.4 is 5.73 Å². The Balaban J connectivity index is 2.00. The molecule has 2 saturated heterocycles. The van der Waals surface area contributed by atoms with Crippen LogP contribution in [-0.4, -0.2) is 42.8 Å². The number of nitrogens with two attached hydrogens (primary N) is 1. The van der Waals surface area contributed by atoms with Gasteiger partial charge in [-0.25, -0.2) is 0 Å². The molecule has 3 heteroatoms. The zero-order valence-corrected chi connectivity index (χ0v) is 9.82. The normalized spacial score (nSPS) is 39.2. The molecule has 88 valence electrons. The number of ether oxygens (including phenoxy) is 1. The van der Waals surface area contributed by atoms with Crippen molar-refractivity contribution in [3.05, 3.63) is 0 Å². The van der Waals surface area contributed by atoms with Crippen molar-refractivity contribution in [2.75, 3.05) is 19.8 Å². The van der Waals surface area contributed by atoms with E-state index in [1.165, 1.54) is 32.1 Å². The number of nitrogens with zero attached hydrogens (tertiary/aromatic N) is 1. The van der Waals surface area contributed by atoms with Crippen LogP contribution in [-0.2, 0) is 4.74 Å². The smallest absolute Gasteiger partial charge is 0.0622 e. The Kier molecular flexibility index (Phi) is 4.00. The van der Waals surface area contributed by atoms with E-state index in [0.29, 0.717) is 18.1 Å². The summed E-state index contributed by atoms with van der Waals surface area (Å²) in [5, 5.41) is 0. The molecule has 2 aliphatic rings. The van der Waals surface area contributed by atoms with Gasteiger partial charge in [0.25, 0.3) is 0 Å². The van der Waals surface area contributed by atoms with E-state index in [9.17, 15) is 0 Å². The molecule has 3 unspecified atom stereocenters. The summed E-state index contributed by atoms with van der Waals surface area (Å²) in [6, 6.07) is 1.92. The van der Waals surface area contributed by atoms with Gasteiger partial charge in [-0.1, -0.05) is 6.42 Å². The van der Waals surface area contributed by atoms with Crippen molar-refractivity contribution in [2.24, 2.45) is 5.73 Å². The van der Waals surface area contributed by atoms with Crippen LogP contribution in [0.5, 0.6) is 0 Å². The summed E-state index contributed by atoms with van der Waals surface area (Å²) in [7, 11) is 0. The molecule has 0 amide bonds. The van der Waals surface area contributed by atoms with Crippen LogP contribution in [0.2, 0.25) is 0 Å². The molecule has 0 aromatic carbocycles. The summed E-state index contributed by atoms with van der Waals surface area (Å²) < 4.78 is 5.59. The predicted molar refractivity (Wildman–Crippen MR) is 61.8 cm³/mol. The Bertz CT molecular complexity index is 192. The highest BCUT2D eigenvalue weighted by molar-refractivity contribution is 4.88. The van der Waals surface area contributed by atoms with Crippen molar-refractivity contribution in [2.45, 2.75) is 57.2 Å². The van der Waals surface area contributed by atoms with Crippen LogP contribution >= 0.6 is 0 Å². The number of piperidine rings is 1. The third kappa shape index (κ3) is 2.52. The van der Waals surface area contributed by atoms with Crippen molar-refractivity contribution in [1.29, 1.82) is 0 Å². The van der Waals surface area contributed by atoms with Crippen LogP contribution in [0.15, 0.2) is 0 Å². The van der Waals surface area contributed by atoms with Gasteiger partial charge in [-0.05, 0) is 32.6 Å². The zero-order chi connectivity index (χ0) is 10.7. The van der Waals surface area contributed by atoms with E-state index in [1.807, 2.05) is 0 Å². The van der Waals surface area contributed by atoms with Crippen molar-refractivity contribution < 1.29 is 4.74 Å². The van der Waals surface area contributed by atoms with Crippen LogP contribution in [0.4, 0.5) is 0 Å². The van der Waals surface area contributed by atoms with Gasteiger partial charge < -0.3 is 10.5 Å². The molecule has 3 atom stereocenters. The standard InChI is InChI=1S/C12H24N2O/c1-10-4-2-5-11(8-13)14(10)12-6-3-7-15-9-12/h10-12H,2-9,13H2,1H3. The van der Waals surface area contributed by atoms with Gasteiger partial charge in [-0.2, -0.15) is 0 Å². The zero-order valence-electron chi connectivity index (χ0n) is 9.82. The van der Waals surface area contributed by atoms with E-state index in [2.05, 4.69) is 11.8 Å². The number of hydrogen-bond acceptors (Lipinski definition) is 3. The van der Waals surface area contributed by atoms with Crippen molar-refractivity contribution in [3.63, 3.8) is 0 Å². The topological polar surface area (TPSA) is 38.5 Å². The first-order valence-electron chi connectivity index (χ1n) is 6.38. The molecule has 0 saturated carbocycles. The van der Waals surface area contributed by atoms with Crippen molar-refractivity contribution >= 4 is 0 Å². The predicted octanol–water partition coefficient (Wildman–Crippen LogP) is 1.37. The molecule has 2 fully saturated rings. The average molecular weight is 212 g/mol. The Hall–Kier alpha value is -0.120. The summed E-state index contributed by atoms with van der Waals surface area (Å²) in [6.07, 6.45) is 6.45. The van der Waals surface area contributed by atoms with Gasteiger partial charge in [0.05, 0.1) is 6.61 Å². The van der Waals surface area contributed by atoms with Crippen LogP contribution in [0.25, 0.3) is 0 Å². The molecule has 3 nitrogen and oxygen atoms in total. The Morgan fingerprint density at radius 1 is 1.27 bits per heavy atom. The number of likely N-dealkylation sites (tertiary alicyclic amines) is 1. The summed E-state index contributed by atoms with van der Waals surface area (Å²) in [5.41, 5.74) is 5.88. The van der Waals surface area contributed by atoms with Gasteiger partial charge in [-0.15, -0.1) is 0 Å². The van der Waals surface area contributed by atoms with Crippen LogP contribution in [0.3, 0.4) is 0 Å². The Morgan fingerprint density at radius 2 is 2.13 bits per heavy atom. The van der Waals surface area contributed by atoms with Gasteiger partial charge in [0.1, 0.15) is 0 Å². The highest BCUT2D eigenvalue weighted by atomic mass is 16.5. The first-order chi connectivity index (χ1) is 7.33. The lowest BCUT2D eigenvalue weighted by Crippen LogP contribution is -2.55. The molecule has 2 heterocycles. The number of hydrogen-bond donors (Lipinski definition) is 1. The van der Waals surface area contributed by atoms with E-state index in [1.54, 1.807) is 0 Å². The Morgan fingerprint density at radius 3 is 2.80 bits per heavy atom. The third-order valence-electron chi connectivity index (χ3n) is 3.92. The summed E-state index contributed by atoms with van der Waals surface area (Å²) in [4.78, 5) is 2.64. The van der Waals surface area contributed by atoms with E-state index >= 15 is 0 Å². The molecule has 2 rings (SSSR count). The van der Waals surface area contributed by atoms with E-state index < -0.39 is 0 Å². The highest BCUT2D eigenvalue weighted by Gasteiger charge is 2.33. The molecule has 0 radical (unpaired) electrons. The van der Waals surface area contributed by atoms with Gasteiger partial charge in [-0.3, -0.25) is 4.90 Å². The summed E-state index contributed by atoms with van der Waals surface area (Å²) in [5.74, 6) is 0. The van der Waals surface area contributed by atoms with E-state index in [4.69, 9.17) is 10.5 Å². The SMILES string of the molecule is CC1CCCC(CN)N1C1CCCOC1. The van der Waals surface area contributed by atoms with Crippen molar-refractivity contribution in [3.8, 4) is 0 Å². The fraction of sp³-hybridized carbons (Fsp3) is 1.00. The van der Waals surface area contributed by atoms with Gasteiger partial charge in [0.2, 0.25) is 0 Å². The second kappa shape index (κ2) is 5.28. The minimum atomic E-state index is 0.598. The first-order valence-corrected chi connectivity index (χ1v) is 6.38. The molecular weight excluding hydrogens is 188 g/mol. The maximum absolute atomic E-state index is 5.88. The van der Waals surface area contributed by atoms with Crippen LogP contribution in [0.1, 0.15) is 39.0 Å². The lowest BCUT2D eigenvalue weighted by atomic mass is 9.92. The molecule has 0 aliphatic carbocycles. The second-order valence-corrected chi connectivity index (χ2v) is 4.99. The third-order valence-corrected chi connectivity index (χ3v) is 3.92. The molecule has 2 N–H and O–H groups in total. The van der Waals surface area contributed by atoms with E-state index in [-0.39, 0.29) is 0 Å². The quantitative estimate of drug-likeness (QED) is 0.751. The summed E-state index contributed by atoms with van der Waals surface area (Å²) >= 11 is 0. The molecule has 0 aromatic heterocycles. The first kappa shape index (κ1) is 11.4. The lowest BCUT2D eigenvalue weighted by molar-refractivity contribution is -0.0314. The van der Waals surface area contributed by atoms with Crippen molar-refractivity contribution in [1.82, 2.24) is 4.90 Å². The minimum Gasteiger partial charge on any atom is -0.380 e. The maximum atomic E-state index is 5.88. The Labute approximate surface area is 93.0 Å². The fourth-order valence-corrected chi connectivity index (χ4v) is 3.16. The minimum absolute atomic E-state index is 0.598. The molecule has 2 aliphatic heterocycles. The molecule has 15 heavy (non-hydrogen) atoms. The van der Waals surface area contributed by atoms with E-state index in [0.717, 1.165) is 19.8 Å². The van der Waals surface area contributed by atoms with Gasteiger partial charge in [0.15, 0.2) is 0 Å². The average Bonchev–Trinajstić information content (AvgIpc) is 2.29.